The highest BCUT2D eigenvalue weighted by molar-refractivity contribution is 7.12. The number of aromatic nitrogens is 1. The third-order valence-electron chi connectivity index (χ3n) is 3.16. The largest absolute Gasteiger partial charge is 0.322 e. The summed E-state index contributed by atoms with van der Waals surface area (Å²) in [6.07, 6.45) is 5.47. The number of amides is 1. The summed E-state index contributed by atoms with van der Waals surface area (Å²) in [7, 11) is 0. The Balaban J connectivity index is 1.72. The van der Waals surface area contributed by atoms with Crippen molar-refractivity contribution in [1.29, 1.82) is 0 Å². The van der Waals surface area contributed by atoms with Gasteiger partial charge >= 0.3 is 0 Å². The summed E-state index contributed by atoms with van der Waals surface area (Å²) in [6, 6.07) is 13.7. The van der Waals surface area contributed by atoms with Crippen molar-refractivity contribution in [3.63, 3.8) is 0 Å². The molecule has 0 fully saturated rings. The lowest BCUT2D eigenvalue weighted by molar-refractivity contribution is 0.0959. The normalized spacial score (nSPS) is 11.0. The summed E-state index contributed by atoms with van der Waals surface area (Å²) in [5, 5.41) is 5.93. The Hall–Kier alpha value is -2.66. The van der Waals surface area contributed by atoms with E-state index >= 15 is 0 Å². The lowest BCUT2D eigenvalue weighted by Crippen LogP contribution is -2.17. The third-order valence-corrected chi connectivity index (χ3v) is 4.06. The number of rotatable bonds is 4. The van der Waals surface area contributed by atoms with Crippen LogP contribution in [-0.4, -0.2) is 16.7 Å². The van der Waals surface area contributed by atoms with E-state index in [0.29, 0.717) is 4.88 Å². The predicted octanol–water partition coefficient (Wildman–Crippen LogP) is 3.61. The molecule has 1 amide bonds. The zero-order valence-electron chi connectivity index (χ0n) is 12.1. The van der Waals surface area contributed by atoms with Crippen molar-refractivity contribution >= 4 is 23.5 Å². The van der Waals surface area contributed by atoms with E-state index in [0.717, 1.165) is 16.8 Å². The Bertz CT molecular complexity index is 803. The van der Waals surface area contributed by atoms with E-state index in [1.165, 1.54) is 11.3 Å². The molecule has 2 aromatic heterocycles. The van der Waals surface area contributed by atoms with Crippen molar-refractivity contribution in [2.75, 3.05) is 0 Å². The summed E-state index contributed by atoms with van der Waals surface area (Å²) in [5.41, 5.74) is 5.55. The average molecular weight is 309 g/mol. The van der Waals surface area contributed by atoms with E-state index < -0.39 is 0 Å². The number of nitrogens with one attached hydrogen (secondary N) is 1. The quantitative estimate of drug-likeness (QED) is 0.581. The highest BCUT2D eigenvalue weighted by Crippen LogP contribution is 2.21. The Labute approximate surface area is 132 Å². The average Bonchev–Trinajstić information content (AvgIpc) is 3.18. The zero-order chi connectivity index (χ0) is 15.4. The minimum Gasteiger partial charge on any atom is -0.322 e. The summed E-state index contributed by atoms with van der Waals surface area (Å²) >= 11 is 1.40. The number of hydrogen-bond acceptors (Lipinski definition) is 3. The van der Waals surface area contributed by atoms with E-state index in [4.69, 9.17) is 0 Å². The van der Waals surface area contributed by atoms with Crippen LogP contribution in [0.15, 0.2) is 65.3 Å². The molecule has 0 aliphatic heterocycles. The number of hydrogen-bond donors (Lipinski definition) is 1. The number of benzene rings is 1. The van der Waals surface area contributed by atoms with Crippen LogP contribution < -0.4 is 5.43 Å². The number of hydrazone groups is 1. The van der Waals surface area contributed by atoms with Crippen LogP contribution in [0.5, 0.6) is 0 Å². The van der Waals surface area contributed by atoms with Gasteiger partial charge in [0.1, 0.15) is 4.88 Å². The van der Waals surface area contributed by atoms with E-state index in [2.05, 4.69) is 10.5 Å². The molecule has 2 heterocycles. The van der Waals surface area contributed by atoms with Gasteiger partial charge < -0.3 is 4.57 Å². The number of carbonyl (C=O) groups is 1. The molecule has 3 rings (SSSR count). The number of aryl methyl sites for hydroxylation is 1. The van der Waals surface area contributed by atoms with Crippen LogP contribution in [0, 0.1) is 6.92 Å². The first-order valence-electron chi connectivity index (χ1n) is 6.85. The zero-order valence-corrected chi connectivity index (χ0v) is 12.9. The van der Waals surface area contributed by atoms with Crippen LogP contribution in [0.4, 0.5) is 0 Å². The number of thiophene rings is 1. The van der Waals surface area contributed by atoms with Gasteiger partial charge in [0.25, 0.3) is 5.91 Å². The molecule has 22 heavy (non-hydrogen) atoms. The molecule has 0 atom stereocenters. The van der Waals surface area contributed by atoms with Crippen molar-refractivity contribution in [2.45, 2.75) is 6.92 Å². The van der Waals surface area contributed by atoms with Gasteiger partial charge in [0.05, 0.1) is 11.9 Å². The van der Waals surface area contributed by atoms with E-state index in [1.807, 2.05) is 71.7 Å². The highest BCUT2D eigenvalue weighted by atomic mass is 32.1. The summed E-state index contributed by atoms with van der Waals surface area (Å²) in [6.45, 7) is 2.02. The minimum atomic E-state index is -0.206. The molecular formula is C17H15N3OS. The molecule has 4 nitrogen and oxygen atoms in total. The van der Waals surface area contributed by atoms with Gasteiger partial charge in [-0.05, 0) is 36.1 Å². The van der Waals surface area contributed by atoms with Crippen LogP contribution >= 0.6 is 11.3 Å². The second-order valence-electron chi connectivity index (χ2n) is 4.84. The second-order valence-corrected chi connectivity index (χ2v) is 5.75. The first kappa shape index (κ1) is 14.3. The lowest BCUT2D eigenvalue weighted by Gasteiger charge is -2.03. The summed E-state index contributed by atoms with van der Waals surface area (Å²) in [4.78, 5) is 12.9. The van der Waals surface area contributed by atoms with E-state index in [1.54, 1.807) is 6.21 Å². The fourth-order valence-electron chi connectivity index (χ4n) is 2.14. The van der Waals surface area contributed by atoms with Gasteiger partial charge in [0.2, 0.25) is 0 Å². The maximum Gasteiger partial charge on any atom is 0.283 e. The van der Waals surface area contributed by atoms with Gasteiger partial charge in [-0.3, -0.25) is 4.79 Å². The number of nitrogens with zero attached hydrogens (tertiary/aromatic N) is 2. The van der Waals surface area contributed by atoms with Gasteiger partial charge in [-0.1, -0.05) is 29.8 Å². The third kappa shape index (κ3) is 3.15. The van der Waals surface area contributed by atoms with Crippen LogP contribution in [0.1, 0.15) is 20.8 Å². The standard InChI is InChI=1S/C17H15N3OS/c1-13-5-4-6-14(11-13)12-18-19-17(21)16-15(7-10-22-16)20-8-2-3-9-20/h2-12H,1H3,(H,19,21)/b18-12-. The van der Waals surface area contributed by atoms with E-state index in [9.17, 15) is 4.79 Å². The molecule has 1 aromatic carbocycles. The first-order chi connectivity index (χ1) is 10.7. The molecule has 5 heteroatoms. The maximum absolute atomic E-state index is 12.3. The predicted molar refractivity (Wildman–Crippen MR) is 89.9 cm³/mol. The van der Waals surface area contributed by atoms with Crippen LogP contribution in [0.25, 0.3) is 5.69 Å². The van der Waals surface area contributed by atoms with Crippen molar-refractivity contribution in [3.8, 4) is 5.69 Å². The molecule has 0 radical (unpaired) electrons. The SMILES string of the molecule is Cc1cccc(/C=N\NC(=O)c2sccc2-n2cccc2)c1. The molecule has 0 aliphatic rings. The first-order valence-corrected chi connectivity index (χ1v) is 7.73. The van der Waals surface area contributed by atoms with Crippen molar-refractivity contribution in [1.82, 2.24) is 9.99 Å². The molecule has 110 valence electrons. The lowest BCUT2D eigenvalue weighted by atomic mass is 10.2. The Morgan fingerprint density at radius 3 is 2.82 bits per heavy atom. The van der Waals surface area contributed by atoms with Gasteiger partial charge in [-0.15, -0.1) is 11.3 Å². The second kappa shape index (κ2) is 6.41. The van der Waals surface area contributed by atoms with Crippen LogP contribution in [0.2, 0.25) is 0 Å². The maximum atomic E-state index is 12.3. The van der Waals surface area contributed by atoms with Gasteiger partial charge in [-0.25, -0.2) is 5.43 Å². The molecule has 0 saturated carbocycles. The van der Waals surface area contributed by atoms with Crippen molar-refractivity contribution < 1.29 is 4.79 Å². The van der Waals surface area contributed by atoms with Crippen LogP contribution in [0.3, 0.4) is 0 Å². The molecular weight excluding hydrogens is 294 g/mol. The highest BCUT2D eigenvalue weighted by Gasteiger charge is 2.13. The van der Waals surface area contributed by atoms with Gasteiger partial charge in [-0.2, -0.15) is 5.10 Å². The Morgan fingerprint density at radius 2 is 2.05 bits per heavy atom. The van der Waals surface area contributed by atoms with E-state index in [-0.39, 0.29) is 5.91 Å². The fraction of sp³-hybridized carbons (Fsp3) is 0.0588. The molecule has 0 unspecified atom stereocenters. The molecule has 0 spiro atoms. The van der Waals surface area contributed by atoms with Gasteiger partial charge in [0, 0.05) is 12.4 Å². The Kier molecular flexibility index (Phi) is 4.16. The molecule has 3 aromatic rings. The van der Waals surface area contributed by atoms with Crippen molar-refractivity contribution in [3.05, 3.63) is 76.2 Å². The smallest absolute Gasteiger partial charge is 0.283 e. The molecule has 0 saturated heterocycles. The molecule has 0 bridgehead atoms. The Morgan fingerprint density at radius 1 is 1.23 bits per heavy atom. The molecule has 0 aliphatic carbocycles. The topological polar surface area (TPSA) is 46.4 Å². The van der Waals surface area contributed by atoms with Crippen molar-refractivity contribution in [2.24, 2.45) is 5.10 Å². The monoisotopic (exact) mass is 309 g/mol. The summed E-state index contributed by atoms with van der Waals surface area (Å²) in [5.74, 6) is -0.206. The molecule has 1 N–H and O–H groups in total. The van der Waals surface area contributed by atoms with Gasteiger partial charge in [0.15, 0.2) is 0 Å². The fourth-order valence-corrected chi connectivity index (χ4v) is 2.92. The van der Waals surface area contributed by atoms with Crippen LogP contribution in [-0.2, 0) is 0 Å². The summed E-state index contributed by atoms with van der Waals surface area (Å²) < 4.78 is 1.91. The minimum absolute atomic E-state index is 0.206. The number of carbonyl (C=O) groups excluding carboxylic acids is 1.